The molecule has 28 heavy (non-hydrogen) atoms. The fourth-order valence-electron chi connectivity index (χ4n) is 2.92. The number of nitrogens with zero attached hydrogens (tertiary/aromatic N) is 2. The molecule has 6 nitrogen and oxygen atoms in total. The zero-order valence-electron chi connectivity index (χ0n) is 17.4. The second-order valence-corrected chi connectivity index (χ2v) is 7.79. The van der Waals surface area contributed by atoms with E-state index in [0.717, 1.165) is 24.3 Å². The predicted molar refractivity (Wildman–Crippen MR) is 111 cm³/mol. The van der Waals surface area contributed by atoms with Crippen molar-refractivity contribution in [3.8, 4) is 0 Å². The third-order valence-electron chi connectivity index (χ3n) is 4.32. The Balaban J connectivity index is 1.79. The highest BCUT2D eigenvalue weighted by Crippen LogP contribution is 2.19. The fourth-order valence-corrected chi connectivity index (χ4v) is 2.92. The van der Waals surface area contributed by atoms with Gasteiger partial charge >= 0.3 is 12.1 Å². The van der Waals surface area contributed by atoms with Gasteiger partial charge < -0.3 is 19.3 Å². The number of rotatable bonds is 6. The van der Waals surface area contributed by atoms with Gasteiger partial charge in [-0.15, -0.1) is 0 Å². The van der Waals surface area contributed by atoms with Gasteiger partial charge in [0.15, 0.2) is 0 Å². The van der Waals surface area contributed by atoms with Crippen LogP contribution in [0.5, 0.6) is 0 Å². The summed E-state index contributed by atoms with van der Waals surface area (Å²) in [6.45, 7) is 10.8. The first kappa shape index (κ1) is 21.8. The van der Waals surface area contributed by atoms with Crippen LogP contribution in [0.3, 0.4) is 0 Å². The lowest BCUT2D eigenvalue weighted by molar-refractivity contribution is -0.143. The number of carbonyl (C=O) groups excluding carboxylic acids is 2. The Kier molecular flexibility index (Phi) is 7.91. The average Bonchev–Trinajstić information content (AvgIpc) is 2.65. The van der Waals surface area contributed by atoms with Crippen LogP contribution in [0.2, 0.25) is 0 Å². The maximum absolute atomic E-state index is 12.2. The highest BCUT2D eigenvalue weighted by atomic mass is 16.6. The number of hydrogen-bond acceptors (Lipinski definition) is 5. The zero-order valence-corrected chi connectivity index (χ0v) is 17.4. The molecule has 0 bridgehead atoms. The second kappa shape index (κ2) is 10.2. The number of piperazine rings is 1. The first-order valence-corrected chi connectivity index (χ1v) is 9.93. The topological polar surface area (TPSA) is 59.1 Å². The highest BCUT2D eigenvalue weighted by Gasteiger charge is 2.25. The van der Waals surface area contributed by atoms with E-state index in [-0.39, 0.29) is 12.1 Å². The summed E-state index contributed by atoms with van der Waals surface area (Å²) in [5.41, 5.74) is 1.78. The number of ether oxygens (including phenoxy) is 2. The molecule has 1 fully saturated rings. The van der Waals surface area contributed by atoms with Crippen molar-refractivity contribution in [2.24, 2.45) is 0 Å². The van der Waals surface area contributed by atoms with Gasteiger partial charge in [0.1, 0.15) is 5.60 Å². The van der Waals surface area contributed by atoms with E-state index in [9.17, 15) is 9.59 Å². The highest BCUT2D eigenvalue weighted by molar-refractivity contribution is 5.70. The molecule has 2 rings (SSSR count). The van der Waals surface area contributed by atoms with Crippen molar-refractivity contribution in [2.75, 3.05) is 37.7 Å². The van der Waals surface area contributed by atoms with E-state index >= 15 is 0 Å². The molecule has 1 aromatic carbocycles. The van der Waals surface area contributed by atoms with Crippen molar-refractivity contribution < 1.29 is 19.1 Å². The standard InChI is InChI=1S/C22H32N2O4/c1-5-27-20(25)9-7-6-8-18-10-12-19(13-11-18)23-14-16-24(17-15-23)21(26)28-22(2,3)4/h6,8,10-13H,5,7,9,14-17H2,1-4H3. The summed E-state index contributed by atoms with van der Waals surface area (Å²) in [6.07, 6.45) is 4.85. The number of hydrogen-bond donors (Lipinski definition) is 0. The van der Waals surface area contributed by atoms with Gasteiger partial charge in [-0.2, -0.15) is 0 Å². The lowest BCUT2D eigenvalue weighted by Crippen LogP contribution is -2.50. The van der Waals surface area contributed by atoms with Gasteiger partial charge in [0.05, 0.1) is 6.61 Å². The number of amides is 1. The zero-order chi connectivity index (χ0) is 20.6. The van der Waals surface area contributed by atoms with Crippen molar-refractivity contribution in [1.82, 2.24) is 4.90 Å². The van der Waals surface area contributed by atoms with Crippen LogP contribution in [-0.2, 0) is 14.3 Å². The molecule has 1 heterocycles. The summed E-state index contributed by atoms with van der Waals surface area (Å²) in [7, 11) is 0. The number of carbonyl (C=O) groups is 2. The van der Waals surface area contributed by atoms with Crippen LogP contribution in [0.15, 0.2) is 30.3 Å². The monoisotopic (exact) mass is 388 g/mol. The van der Waals surface area contributed by atoms with Gasteiger partial charge in [-0.1, -0.05) is 24.3 Å². The fraction of sp³-hybridized carbons (Fsp3) is 0.545. The van der Waals surface area contributed by atoms with Gasteiger partial charge in [0.25, 0.3) is 0 Å². The Labute approximate surface area is 168 Å². The van der Waals surface area contributed by atoms with Crippen LogP contribution in [0.25, 0.3) is 6.08 Å². The first-order valence-electron chi connectivity index (χ1n) is 9.93. The van der Waals surface area contributed by atoms with E-state index in [4.69, 9.17) is 9.47 Å². The van der Waals surface area contributed by atoms with Crippen LogP contribution in [0.1, 0.15) is 46.1 Å². The molecule has 154 valence electrons. The molecule has 1 amide bonds. The summed E-state index contributed by atoms with van der Waals surface area (Å²) in [5.74, 6) is -0.159. The smallest absolute Gasteiger partial charge is 0.410 e. The minimum atomic E-state index is -0.464. The van der Waals surface area contributed by atoms with Gasteiger partial charge in [0, 0.05) is 38.3 Å². The molecular formula is C22H32N2O4. The van der Waals surface area contributed by atoms with Crippen molar-refractivity contribution in [3.05, 3.63) is 35.9 Å². The molecule has 1 saturated heterocycles. The van der Waals surface area contributed by atoms with E-state index in [1.165, 1.54) is 0 Å². The minimum Gasteiger partial charge on any atom is -0.466 e. The number of esters is 1. The van der Waals surface area contributed by atoms with E-state index in [1.54, 1.807) is 4.90 Å². The Morgan fingerprint density at radius 1 is 1.07 bits per heavy atom. The van der Waals surface area contributed by atoms with Crippen LogP contribution in [0.4, 0.5) is 10.5 Å². The molecule has 0 aromatic heterocycles. The third-order valence-corrected chi connectivity index (χ3v) is 4.32. The molecule has 0 radical (unpaired) electrons. The van der Waals surface area contributed by atoms with Gasteiger partial charge in [-0.3, -0.25) is 4.79 Å². The predicted octanol–water partition coefficient (Wildman–Crippen LogP) is 4.10. The van der Waals surface area contributed by atoms with Gasteiger partial charge in [-0.05, 0) is 51.8 Å². The van der Waals surface area contributed by atoms with Crippen molar-refractivity contribution in [3.63, 3.8) is 0 Å². The normalized spacial score (nSPS) is 15.0. The molecule has 0 spiro atoms. The Bertz CT molecular complexity index is 669. The third kappa shape index (κ3) is 7.25. The molecule has 0 saturated carbocycles. The van der Waals surface area contributed by atoms with Crippen molar-refractivity contribution in [2.45, 2.75) is 46.1 Å². The maximum atomic E-state index is 12.2. The molecule has 1 aliphatic heterocycles. The SMILES string of the molecule is CCOC(=O)CCC=Cc1ccc(N2CCN(C(=O)OC(C)(C)C)CC2)cc1. The van der Waals surface area contributed by atoms with Crippen LogP contribution in [0, 0.1) is 0 Å². The minimum absolute atomic E-state index is 0.159. The first-order chi connectivity index (χ1) is 13.3. The molecule has 0 unspecified atom stereocenters. The summed E-state index contributed by atoms with van der Waals surface area (Å²) in [6, 6.07) is 8.31. The molecule has 1 aliphatic rings. The van der Waals surface area contributed by atoms with E-state index in [2.05, 4.69) is 29.2 Å². The summed E-state index contributed by atoms with van der Waals surface area (Å²) >= 11 is 0. The summed E-state index contributed by atoms with van der Waals surface area (Å²) in [4.78, 5) is 27.5. The van der Waals surface area contributed by atoms with Gasteiger partial charge in [0.2, 0.25) is 0 Å². The molecule has 0 N–H and O–H groups in total. The van der Waals surface area contributed by atoms with E-state index in [1.807, 2.05) is 39.8 Å². The molecule has 0 atom stereocenters. The maximum Gasteiger partial charge on any atom is 0.410 e. The number of benzene rings is 1. The Morgan fingerprint density at radius 3 is 2.29 bits per heavy atom. The summed E-state index contributed by atoms with van der Waals surface area (Å²) in [5, 5.41) is 0. The number of anilines is 1. The summed E-state index contributed by atoms with van der Waals surface area (Å²) < 4.78 is 10.4. The Hall–Kier alpha value is -2.50. The molecule has 1 aromatic rings. The van der Waals surface area contributed by atoms with E-state index < -0.39 is 5.60 Å². The van der Waals surface area contributed by atoms with Crippen LogP contribution in [-0.4, -0.2) is 55.3 Å². The van der Waals surface area contributed by atoms with Crippen molar-refractivity contribution >= 4 is 23.8 Å². The molecule has 0 aliphatic carbocycles. The Morgan fingerprint density at radius 2 is 1.71 bits per heavy atom. The second-order valence-electron chi connectivity index (χ2n) is 7.79. The number of allylic oxidation sites excluding steroid dienone is 1. The molecular weight excluding hydrogens is 356 g/mol. The average molecular weight is 389 g/mol. The largest absolute Gasteiger partial charge is 0.466 e. The van der Waals surface area contributed by atoms with E-state index in [0.29, 0.717) is 32.5 Å². The van der Waals surface area contributed by atoms with Crippen LogP contribution < -0.4 is 4.90 Å². The lowest BCUT2D eigenvalue weighted by atomic mass is 10.1. The van der Waals surface area contributed by atoms with Crippen molar-refractivity contribution in [1.29, 1.82) is 0 Å². The van der Waals surface area contributed by atoms with Gasteiger partial charge in [-0.25, -0.2) is 4.79 Å². The molecule has 6 heteroatoms. The van der Waals surface area contributed by atoms with Crippen LogP contribution >= 0.6 is 0 Å². The lowest BCUT2D eigenvalue weighted by Gasteiger charge is -2.36. The quantitative estimate of drug-likeness (QED) is 0.687.